The van der Waals surface area contributed by atoms with Gasteiger partial charge in [-0.2, -0.15) is 0 Å². The van der Waals surface area contributed by atoms with Gasteiger partial charge in [0.2, 0.25) is 0 Å². The molecule has 1 aliphatic heterocycles. The van der Waals surface area contributed by atoms with Gasteiger partial charge in [0.05, 0.1) is 12.0 Å². The van der Waals surface area contributed by atoms with Crippen molar-refractivity contribution in [1.29, 1.82) is 0 Å². The van der Waals surface area contributed by atoms with Gasteiger partial charge in [-0.25, -0.2) is 0 Å². The molecule has 0 bridgehead atoms. The van der Waals surface area contributed by atoms with Crippen LogP contribution >= 0.6 is 0 Å². The van der Waals surface area contributed by atoms with Crippen LogP contribution in [0.3, 0.4) is 0 Å². The van der Waals surface area contributed by atoms with E-state index in [0.29, 0.717) is 0 Å². The van der Waals surface area contributed by atoms with Crippen molar-refractivity contribution in [2.24, 2.45) is 29.6 Å². The van der Waals surface area contributed by atoms with Gasteiger partial charge in [0, 0.05) is 11.8 Å². The molecule has 0 radical (unpaired) electrons. The third-order valence-electron chi connectivity index (χ3n) is 5.49. The zero-order valence-electron chi connectivity index (χ0n) is 16.2. The minimum absolute atomic E-state index is 0.0157. The maximum Gasteiger partial charge on any atom is 0.312 e. The Hall–Kier alpha value is -1.16. The monoisotopic (exact) mass is 338 g/mol. The van der Waals surface area contributed by atoms with Crippen LogP contribution in [-0.4, -0.2) is 29.1 Å². The number of Topliss-reactive ketones (excluding diaryl/α,β-unsaturated/α-hetero) is 1. The molecule has 7 atom stereocenters. The standard InChI is InChI=1S/C20H34O4/c1-8-12(3)17(21)15(6)18(22)13(4)9-11(2)10-14(5)19-16(7)20(23)24-19/h9,12-17,19,21H,8,10H2,1-7H3/b11-9-/t12-,13+,14-,15-,16+,17-,19-/m0/s1. The van der Waals surface area contributed by atoms with E-state index < -0.39 is 6.10 Å². The van der Waals surface area contributed by atoms with Gasteiger partial charge in [-0.1, -0.05) is 52.7 Å². The second-order valence-electron chi connectivity index (χ2n) is 7.74. The van der Waals surface area contributed by atoms with Gasteiger partial charge in [-0.05, 0) is 32.1 Å². The van der Waals surface area contributed by atoms with Crippen LogP contribution in [0, 0.1) is 29.6 Å². The lowest BCUT2D eigenvalue weighted by Gasteiger charge is -2.37. The van der Waals surface area contributed by atoms with Crippen molar-refractivity contribution in [3.8, 4) is 0 Å². The Morgan fingerprint density at radius 2 is 1.88 bits per heavy atom. The largest absolute Gasteiger partial charge is 0.461 e. The summed E-state index contributed by atoms with van der Waals surface area (Å²) >= 11 is 0. The fourth-order valence-corrected chi connectivity index (χ4v) is 3.53. The lowest BCUT2D eigenvalue weighted by atomic mass is 9.82. The minimum atomic E-state index is -0.590. The predicted octanol–water partition coefficient (Wildman–Crippen LogP) is 3.77. The van der Waals surface area contributed by atoms with E-state index in [9.17, 15) is 14.7 Å². The molecule has 0 aromatic rings. The van der Waals surface area contributed by atoms with E-state index in [1.165, 1.54) is 0 Å². The molecule has 4 heteroatoms. The van der Waals surface area contributed by atoms with Crippen LogP contribution in [-0.2, 0) is 14.3 Å². The maximum atomic E-state index is 12.5. The number of cyclic esters (lactones) is 1. The molecule has 4 nitrogen and oxygen atoms in total. The van der Waals surface area contributed by atoms with E-state index in [1.54, 1.807) is 0 Å². The molecule has 0 spiro atoms. The number of carbonyl (C=O) groups is 2. The molecule has 24 heavy (non-hydrogen) atoms. The molecule has 0 amide bonds. The molecule has 0 unspecified atom stereocenters. The summed E-state index contributed by atoms with van der Waals surface area (Å²) in [7, 11) is 0. The van der Waals surface area contributed by atoms with Gasteiger partial charge in [0.15, 0.2) is 0 Å². The van der Waals surface area contributed by atoms with Crippen LogP contribution in [0.15, 0.2) is 11.6 Å². The third kappa shape index (κ3) is 4.92. The molecule has 0 aliphatic carbocycles. The van der Waals surface area contributed by atoms with Gasteiger partial charge in [-0.3, -0.25) is 9.59 Å². The molecule has 1 fully saturated rings. The van der Waals surface area contributed by atoms with Crippen LogP contribution in [0.2, 0.25) is 0 Å². The predicted molar refractivity (Wildman–Crippen MR) is 95.4 cm³/mol. The first kappa shape index (κ1) is 20.9. The summed E-state index contributed by atoms with van der Waals surface area (Å²) in [5.41, 5.74) is 1.13. The van der Waals surface area contributed by atoms with Crippen LogP contribution in [0.25, 0.3) is 0 Å². The van der Waals surface area contributed by atoms with E-state index in [1.807, 2.05) is 47.6 Å². The van der Waals surface area contributed by atoms with Gasteiger partial charge in [-0.15, -0.1) is 0 Å². The first-order chi connectivity index (χ1) is 11.1. The van der Waals surface area contributed by atoms with Crippen LogP contribution in [0.4, 0.5) is 0 Å². The lowest BCUT2D eigenvalue weighted by molar-refractivity contribution is -0.188. The average Bonchev–Trinajstić information content (AvgIpc) is 2.55. The van der Waals surface area contributed by atoms with E-state index in [4.69, 9.17) is 4.74 Å². The number of ketones is 1. The first-order valence-corrected chi connectivity index (χ1v) is 9.19. The molecule has 1 saturated heterocycles. The summed E-state index contributed by atoms with van der Waals surface area (Å²) < 4.78 is 5.21. The van der Waals surface area contributed by atoms with Crippen molar-refractivity contribution in [2.75, 3.05) is 0 Å². The van der Waals surface area contributed by atoms with Gasteiger partial charge < -0.3 is 9.84 Å². The van der Waals surface area contributed by atoms with Crippen molar-refractivity contribution < 1.29 is 19.4 Å². The first-order valence-electron chi connectivity index (χ1n) is 9.19. The molecule has 1 rings (SSSR count). The summed E-state index contributed by atoms with van der Waals surface area (Å²) in [4.78, 5) is 23.8. The second-order valence-corrected chi connectivity index (χ2v) is 7.74. The van der Waals surface area contributed by atoms with Gasteiger partial charge in [0.25, 0.3) is 0 Å². The Bertz CT molecular complexity index is 482. The van der Waals surface area contributed by atoms with E-state index in [0.717, 1.165) is 18.4 Å². The summed E-state index contributed by atoms with van der Waals surface area (Å²) in [6.45, 7) is 13.7. The topological polar surface area (TPSA) is 63.6 Å². The number of esters is 1. The third-order valence-corrected chi connectivity index (χ3v) is 5.49. The van der Waals surface area contributed by atoms with Crippen LogP contribution < -0.4 is 0 Å². The Balaban J connectivity index is 2.60. The maximum absolute atomic E-state index is 12.5. The molecular formula is C20H34O4. The highest BCUT2D eigenvalue weighted by Crippen LogP contribution is 2.32. The quantitative estimate of drug-likeness (QED) is 0.513. The number of aliphatic hydroxyl groups excluding tert-OH is 1. The molecule has 0 aromatic carbocycles. The highest BCUT2D eigenvalue weighted by atomic mass is 16.6. The lowest BCUT2D eigenvalue weighted by Crippen LogP contribution is -2.47. The Morgan fingerprint density at radius 3 is 2.33 bits per heavy atom. The highest BCUT2D eigenvalue weighted by molar-refractivity contribution is 5.85. The molecule has 138 valence electrons. The highest BCUT2D eigenvalue weighted by Gasteiger charge is 2.41. The summed E-state index contributed by atoms with van der Waals surface area (Å²) in [6, 6.07) is 0. The number of hydrogen-bond acceptors (Lipinski definition) is 4. The molecule has 1 N–H and O–H groups in total. The zero-order valence-corrected chi connectivity index (χ0v) is 16.2. The Kier molecular flexibility index (Phi) is 7.65. The normalized spacial score (nSPS) is 27.5. The summed E-state index contributed by atoms with van der Waals surface area (Å²) in [6.07, 6.45) is 3.05. The Morgan fingerprint density at radius 1 is 1.29 bits per heavy atom. The van der Waals surface area contributed by atoms with Crippen molar-refractivity contribution in [3.05, 3.63) is 11.6 Å². The smallest absolute Gasteiger partial charge is 0.312 e. The number of rotatable bonds is 9. The van der Waals surface area contributed by atoms with Crippen LogP contribution in [0.5, 0.6) is 0 Å². The van der Waals surface area contributed by atoms with Crippen LogP contribution in [0.1, 0.15) is 61.3 Å². The zero-order chi connectivity index (χ0) is 18.6. The SMILES string of the molecule is CC[C@H](C)[C@H](O)[C@H](C)C(=O)[C@H](C)/C=C(/C)C[C@H](C)[C@@H]1OC(=O)[C@@H]1C. The molecule has 0 saturated carbocycles. The van der Waals surface area contributed by atoms with Crippen molar-refractivity contribution in [2.45, 2.75) is 73.5 Å². The van der Waals surface area contributed by atoms with E-state index in [-0.39, 0.29) is 47.4 Å². The Labute approximate surface area is 146 Å². The molecular weight excluding hydrogens is 304 g/mol. The van der Waals surface area contributed by atoms with Crippen molar-refractivity contribution >= 4 is 11.8 Å². The van der Waals surface area contributed by atoms with E-state index in [2.05, 4.69) is 6.92 Å². The second kappa shape index (κ2) is 8.80. The molecule has 1 heterocycles. The number of hydrogen-bond donors (Lipinski definition) is 1. The number of ether oxygens (including phenoxy) is 1. The molecule has 0 aromatic heterocycles. The fraction of sp³-hybridized carbons (Fsp3) is 0.800. The summed E-state index contributed by atoms with van der Waals surface area (Å²) in [5, 5.41) is 10.3. The van der Waals surface area contributed by atoms with Gasteiger partial charge >= 0.3 is 5.97 Å². The fourth-order valence-electron chi connectivity index (χ4n) is 3.53. The van der Waals surface area contributed by atoms with Crippen molar-refractivity contribution in [1.82, 2.24) is 0 Å². The summed E-state index contributed by atoms with van der Waals surface area (Å²) in [5.74, 6) is -0.271. The average molecular weight is 338 g/mol. The van der Waals surface area contributed by atoms with Gasteiger partial charge in [0.1, 0.15) is 11.9 Å². The van der Waals surface area contributed by atoms with E-state index >= 15 is 0 Å². The van der Waals surface area contributed by atoms with Crippen molar-refractivity contribution in [3.63, 3.8) is 0 Å². The number of aliphatic hydroxyl groups is 1. The number of allylic oxidation sites excluding steroid dienone is 2. The minimum Gasteiger partial charge on any atom is -0.461 e. The number of carbonyl (C=O) groups excluding carboxylic acids is 2. The molecule has 1 aliphatic rings.